The quantitative estimate of drug-likeness (QED) is 0.113. The fourth-order valence-corrected chi connectivity index (χ4v) is 4.51. The Bertz CT molecular complexity index is 1830. The summed E-state index contributed by atoms with van der Waals surface area (Å²) in [6.45, 7) is 0. The lowest BCUT2D eigenvalue weighted by Gasteiger charge is -2.09. The van der Waals surface area contributed by atoms with Gasteiger partial charge in [-0.25, -0.2) is 0 Å². The first-order valence-corrected chi connectivity index (χ1v) is 12.4. The number of hydrogen-bond acceptors (Lipinski definition) is 9. The SMILES string of the molecule is Nc1ccc(N=Nc2ccc(N=Nc3c(S(=O)(=O)O)cc4ccc(N)cc4c3O)c3ccccc23)cc1. The molecule has 0 atom stereocenters. The molecular formula is C26H20N6O4S. The number of nitrogens with two attached hydrogens (primary N) is 2. The molecule has 0 aliphatic rings. The molecule has 0 spiro atoms. The van der Waals surface area contributed by atoms with E-state index in [1.165, 1.54) is 18.2 Å². The predicted octanol–water partition coefficient (Wildman–Crippen LogP) is 6.94. The first-order chi connectivity index (χ1) is 17.7. The summed E-state index contributed by atoms with van der Waals surface area (Å²) in [6.07, 6.45) is 0. The smallest absolute Gasteiger partial charge is 0.296 e. The van der Waals surface area contributed by atoms with E-state index in [-0.39, 0.29) is 5.39 Å². The molecule has 0 saturated heterocycles. The molecule has 0 amide bonds. The van der Waals surface area contributed by atoms with E-state index < -0.39 is 26.5 Å². The molecule has 0 bridgehead atoms. The van der Waals surface area contributed by atoms with Crippen molar-refractivity contribution in [3.05, 3.63) is 84.9 Å². The van der Waals surface area contributed by atoms with Gasteiger partial charge in [-0.05, 0) is 60.0 Å². The molecule has 11 heteroatoms. The van der Waals surface area contributed by atoms with Crippen LogP contribution in [0.4, 0.5) is 34.1 Å². The third-order valence-electron chi connectivity index (χ3n) is 5.66. The lowest BCUT2D eigenvalue weighted by molar-refractivity contribution is 0.472. The van der Waals surface area contributed by atoms with Gasteiger partial charge in [-0.1, -0.05) is 30.3 Å². The molecule has 0 aliphatic heterocycles. The molecule has 5 aromatic carbocycles. The average Bonchev–Trinajstić information content (AvgIpc) is 2.88. The molecule has 0 fully saturated rings. The molecule has 37 heavy (non-hydrogen) atoms. The van der Waals surface area contributed by atoms with Crippen molar-refractivity contribution in [2.45, 2.75) is 4.90 Å². The van der Waals surface area contributed by atoms with E-state index in [0.717, 1.165) is 5.39 Å². The highest BCUT2D eigenvalue weighted by Crippen LogP contribution is 2.43. The molecule has 5 rings (SSSR count). The van der Waals surface area contributed by atoms with Crippen molar-refractivity contribution in [2.24, 2.45) is 20.5 Å². The summed E-state index contributed by atoms with van der Waals surface area (Å²) in [5.41, 5.74) is 13.7. The number of anilines is 2. The van der Waals surface area contributed by atoms with Gasteiger partial charge < -0.3 is 16.6 Å². The summed E-state index contributed by atoms with van der Waals surface area (Å²) in [5.74, 6) is -0.473. The largest absolute Gasteiger partial charge is 0.505 e. The average molecular weight is 513 g/mol. The van der Waals surface area contributed by atoms with Gasteiger partial charge >= 0.3 is 0 Å². The zero-order chi connectivity index (χ0) is 26.2. The van der Waals surface area contributed by atoms with E-state index in [0.29, 0.717) is 39.2 Å². The van der Waals surface area contributed by atoms with Crippen LogP contribution in [0.25, 0.3) is 21.5 Å². The van der Waals surface area contributed by atoms with Crippen molar-refractivity contribution < 1.29 is 18.1 Å². The first kappa shape index (κ1) is 23.9. The molecule has 0 aromatic heterocycles. The highest BCUT2D eigenvalue weighted by Gasteiger charge is 2.22. The van der Waals surface area contributed by atoms with Crippen LogP contribution in [-0.2, 0) is 10.1 Å². The number of aromatic hydroxyl groups is 1. The predicted molar refractivity (Wildman–Crippen MR) is 143 cm³/mol. The van der Waals surface area contributed by atoms with Crippen LogP contribution in [0.3, 0.4) is 0 Å². The second-order valence-electron chi connectivity index (χ2n) is 8.17. The third-order valence-corrected chi connectivity index (χ3v) is 6.52. The zero-order valence-electron chi connectivity index (χ0n) is 19.1. The molecule has 0 aliphatic carbocycles. The summed E-state index contributed by atoms with van der Waals surface area (Å²) >= 11 is 0. The molecule has 0 unspecified atom stereocenters. The van der Waals surface area contributed by atoms with E-state index >= 15 is 0 Å². The highest BCUT2D eigenvalue weighted by molar-refractivity contribution is 7.86. The number of nitrogen functional groups attached to an aromatic ring is 2. The van der Waals surface area contributed by atoms with Crippen LogP contribution in [0.15, 0.2) is 110 Å². The Labute approximate surface area is 211 Å². The second kappa shape index (κ2) is 9.30. The zero-order valence-corrected chi connectivity index (χ0v) is 20.0. The van der Waals surface area contributed by atoms with Gasteiger partial charge in [-0.15, -0.1) is 15.3 Å². The number of azo groups is 2. The number of rotatable bonds is 5. The number of phenolic OH excluding ortho intramolecular Hbond substituents is 1. The maximum atomic E-state index is 12.1. The summed E-state index contributed by atoms with van der Waals surface area (Å²) < 4.78 is 33.9. The molecule has 5 aromatic rings. The van der Waals surface area contributed by atoms with Crippen LogP contribution in [0.5, 0.6) is 5.75 Å². The molecule has 6 N–H and O–H groups in total. The standard InChI is InChI=1S/C26H20N6O4S/c27-16-7-9-18(10-8-16)29-30-22-11-12-23(20-4-2-1-3-19(20)22)31-32-25-24(37(34,35)36)13-15-5-6-17(28)14-21(15)26(25)33/h1-14,33H,27-28H2,(H,34,35,36). The van der Waals surface area contributed by atoms with Crippen molar-refractivity contribution in [3.63, 3.8) is 0 Å². The third kappa shape index (κ3) is 4.81. The summed E-state index contributed by atoms with van der Waals surface area (Å²) in [6, 6.07) is 23.4. The van der Waals surface area contributed by atoms with E-state index in [4.69, 9.17) is 11.5 Å². The van der Waals surface area contributed by atoms with E-state index in [2.05, 4.69) is 20.5 Å². The summed E-state index contributed by atoms with van der Waals surface area (Å²) in [4.78, 5) is -0.579. The Morgan fingerprint density at radius 1 is 0.649 bits per heavy atom. The Kier molecular flexibility index (Phi) is 5.99. The summed E-state index contributed by atoms with van der Waals surface area (Å²) in [5, 5.41) is 29.7. The Balaban J connectivity index is 1.61. The van der Waals surface area contributed by atoms with Gasteiger partial charge in [0.05, 0.1) is 17.1 Å². The normalized spacial score (nSPS) is 12.2. The lowest BCUT2D eigenvalue weighted by Crippen LogP contribution is -1.99. The van der Waals surface area contributed by atoms with Crippen molar-refractivity contribution in [1.82, 2.24) is 0 Å². The van der Waals surface area contributed by atoms with Crippen LogP contribution in [0, 0.1) is 0 Å². The monoisotopic (exact) mass is 512 g/mol. The van der Waals surface area contributed by atoms with Crippen LogP contribution in [0.2, 0.25) is 0 Å². The van der Waals surface area contributed by atoms with Gasteiger partial charge in [-0.3, -0.25) is 4.55 Å². The Morgan fingerprint density at radius 3 is 1.86 bits per heavy atom. The van der Waals surface area contributed by atoms with E-state index in [1.807, 2.05) is 18.2 Å². The second-order valence-corrected chi connectivity index (χ2v) is 9.56. The van der Waals surface area contributed by atoms with Gasteiger partial charge in [0.1, 0.15) is 10.6 Å². The Morgan fingerprint density at radius 2 is 1.24 bits per heavy atom. The van der Waals surface area contributed by atoms with Gasteiger partial charge in [0.25, 0.3) is 10.1 Å². The Hall–Kier alpha value is -4.87. The highest BCUT2D eigenvalue weighted by atomic mass is 32.2. The fourth-order valence-electron chi connectivity index (χ4n) is 3.85. The lowest BCUT2D eigenvalue weighted by atomic mass is 10.1. The van der Waals surface area contributed by atoms with Gasteiger partial charge in [0.15, 0.2) is 5.75 Å². The number of fused-ring (bicyclic) bond motifs is 2. The van der Waals surface area contributed by atoms with Crippen LogP contribution in [0.1, 0.15) is 0 Å². The van der Waals surface area contributed by atoms with Crippen molar-refractivity contribution in [3.8, 4) is 5.75 Å². The van der Waals surface area contributed by atoms with Gasteiger partial charge in [0.2, 0.25) is 0 Å². The van der Waals surface area contributed by atoms with Crippen LogP contribution >= 0.6 is 0 Å². The van der Waals surface area contributed by atoms with Gasteiger partial charge in [-0.2, -0.15) is 13.5 Å². The fraction of sp³-hybridized carbons (Fsp3) is 0. The topological polar surface area (TPSA) is 176 Å². The molecular weight excluding hydrogens is 492 g/mol. The number of phenols is 1. The molecule has 0 heterocycles. The first-order valence-electron chi connectivity index (χ1n) is 10.9. The molecule has 184 valence electrons. The van der Waals surface area contributed by atoms with Gasteiger partial charge in [0, 0.05) is 27.5 Å². The minimum Gasteiger partial charge on any atom is -0.505 e. The minimum absolute atomic E-state index is 0.268. The summed E-state index contributed by atoms with van der Waals surface area (Å²) in [7, 11) is -4.73. The maximum Gasteiger partial charge on any atom is 0.296 e. The number of benzene rings is 5. The molecule has 0 saturated carbocycles. The van der Waals surface area contributed by atoms with Crippen molar-refractivity contribution in [2.75, 3.05) is 11.5 Å². The van der Waals surface area contributed by atoms with Crippen molar-refractivity contribution >= 4 is 65.8 Å². The van der Waals surface area contributed by atoms with Crippen molar-refractivity contribution in [1.29, 1.82) is 0 Å². The minimum atomic E-state index is -4.73. The number of nitrogens with zero attached hydrogens (tertiary/aromatic N) is 4. The van der Waals surface area contributed by atoms with Crippen LogP contribution in [-0.4, -0.2) is 18.1 Å². The van der Waals surface area contributed by atoms with Crippen LogP contribution < -0.4 is 11.5 Å². The van der Waals surface area contributed by atoms with E-state index in [9.17, 15) is 18.1 Å². The number of hydrogen-bond donors (Lipinski definition) is 4. The maximum absolute atomic E-state index is 12.1. The molecule has 10 nitrogen and oxygen atoms in total. The van der Waals surface area contributed by atoms with E-state index in [1.54, 1.807) is 48.5 Å². The molecule has 0 radical (unpaired) electrons.